The van der Waals surface area contributed by atoms with Crippen molar-refractivity contribution in [2.45, 2.75) is 25.3 Å². The summed E-state index contributed by atoms with van der Waals surface area (Å²) in [7, 11) is -3.14. The molecule has 1 fully saturated rings. The number of hydrogen-bond donors (Lipinski definition) is 1. The molecule has 0 bridgehead atoms. The minimum absolute atomic E-state index is 0.0197. The van der Waals surface area contributed by atoms with Crippen LogP contribution < -0.4 is 5.32 Å². The van der Waals surface area contributed by atoms with Gasteiger partial charge in [-0.3, -0.25) is 5.32 Å². The van der Waals surface area contributed by atoms with E-state index in [4.69, 9.17) is 0 Å². The van der Waals surface area contributed by atoms with Crippen LogP contribution in [-0.2, 0) is 16.3 Å². The summed E-state index contributed by atoms with van der Waals surface area (Å²) in [6.07, 6.45) is 4.95. The topological polar surface area (TPSA) is 79.4 Å². The van der Waals surface area contributed by atoms with Crippen molar-refractivity contribution in [2.24, 2.45) is 0 Å². The Morgan fingerprint density at radius 2 is 2.12 bits per heavy atom. The first-order valence-corrected chi connectivity index (χ1v) is 11.1. The van der Waals surface area contributed by atoms with E-state index in [0.717, 1.165) is 16.9 Å². The van der Waals surface area contributed by atoms with Gasteiger partial charge in [0.2, 0.25) is 0 Å². The molecule has 140 valence electrons. The number of sulfone groups is 1. The third-order valence-corrected chi connectivity index (χ3v) is 6.10. The second-order valence-electron chi connectivity index (χ2n) is 6.45. The fourth-order valence-corrected chi connectivity index (χ4v) is 4.92. The van der Waals surface area contributed by atoms with Crippen molar-refractivity contribution >= 4 is 32.3 Å². The molecule has 2 heterocycles. The molecule has 1 aliphatic heterocycles. The van der Waals surface area contributed by atoms with E-state index in [2.05, 4.69) is 10.3 Å². The third-order valence-electron chi connectivity index (χ3n) is 4.19. The zero-order chi connectivity index (χ0) is 18.7. The molecule has 1 aromatic heterocycles. The molecule has 0 unspecified atom stereocenters. The molecule has 1 aromatic carbocycles. The van der Waals surface area contributed by atoms with Gasteiger partial charge in [0.25, 0.3) is 0 Å². The maximum Gasteiger partial charge on any atom is 0.323 e. The minimum Gasteiger partial charge on any atom is -0.320 e. The number of halogens is 1. The molecule has 1 aliphatic rings. The van der Waals surface area contributed by atoms with E-state index < -0.39 is 9.84 Å². The van der Waals surface area contributed by atoms with Crippen molar-refractivity contribution in [3.05, 3.63) is 46.7 Å². The smallest absolute Gasteiger partial charge is 0.320 e. The predicted molar refractivity (Wildman–Crippen MR) is 99.8 cm³/mol. The van der Waals surface area contributed by atoms with Gasteiger partial charge in [-0.15, -0.1) is 11.3 Å². The van der Waals surface area contributed by atoms with Crippen molar-refractivity contribution in [1.82, 2.24) is 9.88 Å². The highest BCUT2D eigenvalue weighted by molar-refractivity contribution is 7.90. The van der Waals surface area contributed by atoms with E-state index in [9.17, 15) is 17.6 Å². The largest absolute Gasteiger partial charge is 0.323 e. The Balaban J connectivity index is 1.61. The van der Waals surface area contributed by atoms with Gasteiger partial charge in [-0.2, -0.15) is 0 Å². The molecule has 0 spiro atoms. The lowest BCUT2D eigenvalue weighted by molar-refractivity contribution is 0.210. The van der Waals surface area contributed by atoms with E-state index in [-0.39, 0.29) is 23.6 Å². The molecule has 2 amide bonds. The van der Waals surface area contributed by atoms with E-state index >= 15 is 0 Å². The van der Waals surface area contributed by atoms with Crippen LogP contribution >= 0.6 is 11.3 Å². The first kappa shape index (κ1) is 18.8. The summed E-state index contributed by atoms with van der Waals surface area (Å²) in [6.45, 7) is 0.541. The lowest BCUT2D eigenvalue weighted by Gasteiger charge is -2.23. The molecule has 26 heavy (non-hydrogen) atoms. The van der Waals surface area contributed by atoms with Crippen LogP contribution in [0.3, 0.4) is 0 Å². The van der Waals surface area contributed by atoms with Crippen molar-refractivity contribution in [3.8, 4) is 0 Å². The Morgan fingerprint density at radius 1 is 1.38 bits per heavy atom. The van der Waals surface area contributed by atoms with Gasteiger partial charge in [-0.25, -0.2) is 22.6 Å². The van der Waals surface area contributed by atoms with Gasteiger partial charge in [-0.1, -0.05) is 12.1 Å². The second-order valence-corrected chi connectivity index (χ2v) is 9.75. The predicted octanol–water partition coefficient (Wildman–Crippen LogP) is 2.91. The van der Waals surface area contributed by atoms with Crippen LogP contribution in [0.25, 0.3) is 0 Å². The number of rotatable bonds is 5. The Bertz CT molecular complexity index is 881. The summed E-state index contributed by atoms with van der Waals surface area (Å²) < 4.78 is 36.0. The highest BCUT2D eigenvalue weighted by Crippen LogP contribution is 2.24. The van der Waals surface area contributed by atoms with Gasteiger partial charge in [0.05, 0.1) is 5.75 Å². The fourth-order valence-electron chi connectivity index (χ4n) is 3.04. The molecule has 0 radical (unpaired) electrons. The molecule has 1 saturated heterocycles. The third kappa shape index (κ3) is 5.01. The standard InChI is InChI=1S/C17H20FN3O3S2/c1-26(23,24)11-14-3-2-8-21(14)17(22)20-16-19-10-15(25-16)9-12-4-6-13(18)7-5-12/h4-7,10,14H,2-3,8-9,11H2,1H3,(H,19,20,22)/t14-/m1/s1. The average Bonchev–Trinajstić information content (AvgIpc) is 3.17. The number of aromatic nitrogens is 1. The number of urea groups is 1. The van der Waals surface area contributed by atoms with Crippen molar-refractivity contribution in [1.29, 1.82) is 0 Å². The van der Waals surface area contributed by atoms with E-state index in [0.29, 0.717) is 24.5 Å². The van der Waals surface area contributed by atoms with Crippen LogP contribution in [0.2, 0.25) is 0 Å². The zero-order valence-corrected chi connectivity index (χ0v) is 15.9. The summed E-state index contributed by atoms with van der Waals surface area (Å²) in [6, 6.07) is 5.64. The van der Waals surface area contributed by atoms with E-state index in [1.165, 1.54) is 29.7 Å². The number of hydrogen-bond acceptors (Lipinski definition) is 5. The molecule has 0 aliphatic carbocycles. The molecule has 3 rings (SSSR count). The maximum absolute atomic E-state index is 13.0. The number of nitrogens with one attached hydrogen (secondary N) is 1. The number of thiazole rings is 1. The number of anilines is 1. The molecular weight excluding hydrogens is 377 g/mol. The van der Waals surface area contributed by atoms with Gasteiger partial charge in [0.15, 0.2) is 5.13 Å². The number of carbonyl (C=O) groups is 1. The van der Waals surface area contributed by atoms with Crippen LogP contribution in [0.4, 0.5) is 14.3 Å². The molecule has 1 atom stereocenters. The number of carbonyl (C=O) groups excluding carboxylic acids is 1. The Kier molecular flexibility index (Phi) is 5.57. The number of likely N-dealkylation sites (tertiary alicyclic amines) is 1. The number of amides is 2. The van der Waals surface area contributed by atoms with E-state index in [1.807, 2.05) is 0 Å². The number of benzene rings is 1. The quantitative estimate of drug-likeness (QED) is 0.841. The molecule has 9 heteroatoms. The van der Waals surface area contributed by atoms with Crippen LogP contribution in [0.5, 0.6) is 0 Å². The normalized spacial score (nSPS) is 17.5. The number of nitrogens with zero attached hydrogens (tertiary/aromatic N) is 2. The maximum atomic E-state index is 13.0. The first-order valence-electron chi connectivity index (χ1n) is 8.25. The van der Waals surface area contributed by atoms with E-state index in [1.54, 1.807) is 23.2 Å². The fraction of sp³-hybridized carbons (Fsp3) is 0.412. The zero-order valence-electron chi connectivity index (χ0n) is 14.3. The molecule has 6 nitrogen and oxygen atoms in total. The van der Waals surface area contributed by atoms with Gasteiger partial charge in [0.1, 0.15) is 15.7 Å². The Hall–Kier alpha value is -2.00. The van der Waals surface area contributed by atoms with Crippen molar-refractivity contribution in [2.75, 3.05) is 23.9 Å². The molecule has 2 aromatic rings. The average molecular weight is 397 g/mol. The first-order chi connectivity index (χ1) is 12.3. The molecule has 0 saturated carbocycles. The van der Waals surface area contributed by atoms with Crippen LogP contribution in [-0.4, -0.2) is 48.9 Å². The summed E-state index contributed by atoms with van der Waals surface area (Å²) >= 11 is 1.35. The van der Waals surface area contributed by atoms with Gasteiger partial charge in [0, 0.05) is 36.3 Å². The monoisotopic (exact) mass is 397 g/mol. The van der Waals surface area contributed by atoms with Gasteiger partial charge < -0.3 is 4.90 Å². The lowest BCUT2D eigenvalue weighted by Crippen LogP contribution is -2.41. The minimum atomic E-state index is -3.14. The van der Waals surface area contributed by atoms with Gasteiger partial charge in [-0.05, 0) is 30.5 Å². The Morgan fingerprint density at radius 3 is 2.81 bits per heavy atom. The molecule has 1 N–H and O–H groups in total. The highest BCUT2D eigenvalue weighted by Gasteiger charge is 2.31. The van der Waals surface area contributed by atoms with Crippen LogP contribution in [0.15, 0.2) is 30.5 Å². The molecular formula is C17H20FN3O3S2. The highest BCUT2D eigenvalue weighted by atomic mass is 32.2. The summed E-state index contributed by atoms with van der Waals surface area (Å²) in [5, 5.41) is 3.22. The van der Waals surface area contributed by atoms with Crippen molar-refractivity contribution in [3.63, 3.8) is 0 Å². The van der Waals surface area contributed by atoms with Gasteiger partial charge >= 0.3 is 6.03 Å². The summed E-state index contributed by atoms with van der Waals surface area (Å²) in [4.78, 5) is 19.2. The Labute approximate surface area is 156 Å². The van der Waals surface area contributed by atoms with Crippen LogP contribution in [0, 0.1) is 5.82 Å². The summed E-state index contributed by atoms with van der Waals surface area (Å²) in [5.74, 6) is -0.297. The SMILES string of the molecule is CS(=O)(=O)C[C@H]1CCCN1C(=O)Nc1ncc(Cc2ccc(F)cc2)s1. The summed E-state index contributed by atoms with van der Waals surface area (Å²) in [5.41, 5.74) is 0.959. The van der Waals surface area contributed by atoms with Crippen molar-refractivity contribution < 1.29 is 17.6 Å². The second kappa shape index (κ2) is 7.71. The lowest BCUT2D eigenvalue weighted by atomic mass is 10.1. The van der Waals surface area contributed by atoms with Crippen LogP contribution in [0.1, 0.15) is 23.3 Å².